The first-order chi connectivity index (χ1) is 7.52. The molecule has 0 spiro atoms. The second kappa shape index (κ2) is 5.37. The van der Waals surface area contributed by atoms with Gasteiger partial charge in [0.2, 0.25) is 5.91 Å². The van der Waals surface area contributed by atoms with E-state index in [2.05, 4.69) is 10.6 Å². The summed E-state index contributed by atoms with van der Waals surface area (Å²) < 4.78 is 0. The quantitative estimate of drug-likeness (QED) is 0.704. The molecule has 0 fully saturated rings. The van der Waals surface area contributed by atoms with Gasteiger partial charge in [0.05, 0.1) is 11.4 Å². The van der Waals surface area contributed by atoms with E-state index in [1.165, 1.54) is 0 Å². The van der Waals surface area contributed by atoms with Crippen molar-refractivity contribution in [2.45, 2.75) is 6.42 Å². The molecular weight excluding hydrogens is 232 g/mol. The summed E-state index contributed by atoms with van der Waals surface area (Å²) in [4.78, 5) is 21.5. The van der Waals surface area contributed by atoms with Crippen molar-refractivity contribution in [2.75, 3.05) is 17.7 Å². The van der Waals surface area contributed by atoms with Crippen LogP contribution in [-0.2, 0) is 9.59 Å². The maximum atomic E-state index is 11.2. The van der Waals surface area contributed by atoms with Crippen molar-refractivity contribution < 1.29 is 14.7 Å². The Labute approximate surface area is 97.4 Å². The van der Waals surface area contributed by atoms with E-state index >= 15 is 0 Å². The molecule has 0 aliphatic heterocycles. The fraction of sp³-hybridized carbons (Fsp3) is 0.200. The number of aliphatic carboxylic acids is 1. The third-order valence-electron chi connectivity index (χ3n) is 1.84. The van der Waals surface area contributed by atoms with Gasteiger partial charge >= 0.3 is 5.97 Å². The summed E-state index contributed by atoms with van der Waals surface area (Å²) in [6.45, 7) is 0. The molecule has 0 bridgehead atoms. The smallest absolute Gasteiger partial charge is 0.312 e. The largest absolute Gasteiger partial charge is 0.481 e. The van der Waals surface area contributed by atoms with Gasteiger partial charge in [-0.1, -0.05) is 11.6 Å². The highest BCUT2D eigenvalue weighted by atomic mass is 35.5. The minimum Gasteiger partial charge on any atom is -0.481 e. The molecule has 1 aromatic carbocycles. The van der Waals surface area contributed by atoms with Crippen LogP contribution in [0.15, 0.2) is 18.2 Å². The fourth-order valence-electron chi connectivity index (χ4n) is 1.16. The van der Waals surface area contributed by atoms with Gasteiger partial charge in [0.15, 0.2) is 0 Å². The number of carbonyl (C=O) groups is 2. The Bertz CT molecular complexity index is 421. The van der Waals surface area contributed by atoms with E-state index in [0.717, 1.165) is 0 Å². The van der Waals surface area contributed by atoms with Gasteiger partial charge in [-0.3, -0.25) is 9.59 Å². The van der Waals surface area contributed by atoms with Crippen molar-refractivity contribution in [1.29, 1.82) is 0 Å². The lowest BCUT2D eigenvalue weighted by atomic mass is 10.2. The topological polar surface area (TPSA) is 78.4 Å². The molecule has 0 radical (unpaired) electrons. The van der Waals surface area contributed by atoms with Gasteiger partial charge in [-0.25, -0.2) is 0 Å². The zero-order chi connectivity index (χ0) is 12.1. The Kier molecular flexibility index (Phi) is 4.13. The van der Waals surface area contributed by atoms with Gasteiger partial charge < -0.3 is 15.7 Å². The maximum absolute atomic E-state index is 11.2. The van der Waals surface area contributed by atoms with Crippen LogP contribution >= 0.6 is 11.6 Å². The van der Waals surface area contributed by atoms with Crippen molar-refractivity contribution in [3.8, 4) is 0 Å². The van der Waals surface area contributed by atoms with Crippen LogP contribution in [0.25, 0.3) is 0 Å². The lowest BCUT2D eigenvalue weighted by Gasteiger charge is -2.10. The standard InChI is InChI=1S/C10H11ClN2O3/c1-12-8-4-6(11)2-3-7(8)13-9(14)5-10(15)16/h2-4,12H,5H2,1H3,(H,13,14)(H,15,16). The fourth-order valence-corrected chi connectivity index (χ4v) is 1.34. The molecule has 0 aliphatic carbocycles. The van der Waals surface area contributed by atoms with Gasteiger partial charge in [-0.05, 0) is 18.2 Å². The predicted octanol–water partition coefficient (Wildman–Crippen LogP) is 1.79. The third-order valence-corrected chi connectivity index (χ3v) is 2.07. The molecule has 0 atom stereocenters. The number of hydrogen-bond donors (Lipinski definition) is 3. The number of carboxylic acid groups (broad SMARTS) is 1. The summed E-state index contributed by atoms with van der Waals surface area (Å²) in [5.74, 6) is -1.75. The molecular formula is C10H11ClN2O3. The highest BCUT2D eigenvalue weighted by Gasteiger charge is 2.10. The molecule has 6 heteroatoms. The Morgan fingerprint density at radius 2 is 2.06 bits per heavy atom. The molecule has 5 nitrogen and oxygen atoms in total. The summed E-state index contributed by atoms with van der Waals surface area (Å²) in [7, 11) is 1.68. The molecule has 1 amide bonds. The molecule has 0 unspecified atom stereocenters. The number of anilines is 2. The molecule has 0 heterocycles. The van der Waals surface area contributed by atoms with Crippen LogP contribution in [0.5, 0.6) is 0 Å². The van der Waals surface area contributed by atoms with E-state index in [-0.39, 0.29) is 0 Å². The van der Waals surface area contributed by atoms with Crippen molar-refractivity contribution >= 4 is 34.9 Å². The molecule has 0 aliphatic rings. The van der Waals surface area contributed by atoms with Crippen molar-refractivity contribution in [3.05, 3.63) is 23.2 Å². The number of rotatable bonds is 4. The molecule has 1 aromatic rings. The summed E-state index contributed by atoms with van der Waals surface area (Å²) in [6.07, 6.45) is -0.564. The maximum Gasteiger partial charge on any atom is 0.312 e. The number of hydrogen-bond acceptors (Lipinski definition) is 3. The van der Waals surface area contributed by atoms with E-state index in [4.69, 9.17) is 16.7 Å². The molecule has 1 rings (SSSR count). The summed E-state index contributed by atoms with van der Waals surface area (Å²) in [5.41, 5.74) is 1.13. The van der Waals surface area contributed by atoms with Crippen LogP contribution < -0.4 is 10.6 Å². The van der Waals surface area contributed by atoms with Crippen LogP contribution in [-0.4, -0.2) is 24.0 Å². The number of nitrogens with one attached hydrogen (secondary N) is 2. The van der Waals surface area contributed by atoms with Crippen molar-refractivity contribution in [1.82, 2.24) is 0 Å². The van der Waals surface area contributed by atoms with Crippen LogP contribution in [0.4, 0.5) is 11.4 Å². The molecule has 16 heavy (non-hydrogen) atoms. The second-order valence-electron chi connectivity index (χ2n) is 3.06. The monoisotopic (exact) mass is 242 g/mol. The minimum atomic E-state index is -1.17. The van der Waals surface area contributed by atoms with E-state index in [9.17, 15) is 9.59 Å². The Morgan fingerprint density at radius 1 is 1.38 bits per heavy atom. The van der Waals surface area contributed by atoms with Gasteiger partial charge in [-0.2, -0.15) is 0 Å². The molecule has 0 saturated carbocycles. The highest BCUT2D eigenvalue weighted by molar-refractivity contribution is 6.31. The number of carboxylic acids is 1. The molecule has 0 saturated heterocycles. The normalized spacial score (nSPS) is 9.62. The van der Waals surface area contributed by atoms with E-state index in [0.29, 0.717) is 16.4 Å². The molecule has 3 N–H and O–H groups in total. The van der Waals surface area contributed by atoms with Crippen LogP contribution in [0.1, 0.15) is 6.42 Å². The van der Waals surface area contributed by atoms with E-state index < -0.39 is 18.3 Å². The summed E-state index contributed by atoms with van der Waals surface area (Å²) in [6, 6.07) is 4.85. The Hall–Kier alpha value is -1.75. The predicted molar refractivity (Wildman–Crippen MR) is 61.9 cm³/mol. The van der Waals surface area contributed by atoms with Gasteiger partial charge in [-0.15, -0.1) is 0 Å². The van der Waals surface area contributed by atoms with Crippen LogP contribution in [0.2, 0.25) is 5.02 Å². The number of amides is 1. The van der Waals surface area contributed by atoms with Crippen molar-refractivity contribution in [2.24, 2.45) is 0 Å². The zero-order valence-corrected chi connectivity index (χ0v) is 9.34. The second-order valence-corrected chi connectivity index (χ2v) is 3.50. The zero-order valence-electron chi connectivity index (χ0n) is 8.58. The van der Waals surface area contributed by atoms with E-state index in [1.54, 1.807) is 25.2 Å². The molecule has 0 aromatic heterocycles. The van der Waals surface area contributed by atoms with Crippen LogP contribution in [0, 0.1) is 0 Å². The van der Waals surface area contributed by atoms with E-state index in [1.807, 2.05) is 0 Å². The molecule has 86 valence electrons. The first-order valence-corrected chi connectivity index (χ1v) is 4.89. The van der Waals surface area contributed by atoms with Gasteiger partial charge in [0.25, 0.3) is 0 Å². The number of halogens is 1. The van der Waals surface area contributed by atoms with Gasteiger partial charge in [0.1, 0.15) is 6.42 Å². The minimum absolute atomic E-state index is 0.498. The number of benzene rings is 1. The summed E-state index contributed by atoms with van der Waals surface area (Å²) in [5, 5.41) is 14.3. The highest BCUT2D eigenvalue weighted by Crippen LogP contribution is 2.25. The lowest BCUT2D eigenvalue weighted by Crippen LogP contribution is -2.16. The average molecular weight is 243 g/mol. The average Bonchev–Trinajstić information content (AvgIpc) is 2.19. The Morgan fingerprint density at radius 3 is 2.62 bits per heavy atom. The van der Waals surface area contributed by atoms with Crippen molar-refractivity contribution in [3.63, 3.8) is 0 Å². The van der Waals surface area contributed by atoms with Gasteiger partial charge in [0, 0.05) is 12.1 Å². The SMILES string of the molecule is CNc1cc(Cl)ccc1NC(=O)CC(=O)O. The number of carbonyl (C=O) groups excluding carboxylic acids is 1. The first-order valence-electron chi connectivity index (χ1n) is 4.52. The summed E-state index contributed by atoms with van der Waals surface area (Å²) >= 11 is 5.77. The third kappa shape index (κ3) is 3.43. The first kappa shape index (κ1) is 12.3. The lowest BCUT2D eigenvalue weighted by molar-refractivity contribution is -0.139. The van der Waals surface area contributed by atoms with Crippen LogP contribution in [0.3, 0.4) is 0 Å². The Balaban J connectivity index is 2.80.